The van der Waals surface area contributed by atoms with E-state index in [2.05, 4.69) is 20.4 Å². The Morgan fingerprint density at radius 1 is 1.20 bits per heavy atom. The summed E-state index contributed by atoms with van der Waals surface area (Å²) in [6.45, 7) is 3.22. The summed E-state index contributed by atoms with van der Waals surface area (Å²) < 4.78 is 46.1. The van der Waals surface area contributed by atoms with Crippen LogP contribution in [0.2, 0.25) is 0 Å². The zero-order valence-electron chi connectivity index (χ0n) is 19.0. The fourth-order valence-electron chi connectivity index (χ4n) is 4.10. The third-order valence-corrected chi connectivity index (χ3v) is 5.71. The Labute approximate surface area is 200 Å². The lowest BCUT2D eigenvalue weighted by Gasteiger charge is -2.32. The first-order valence-electron chi connectivity index (χ1n) is 11.2. The van der Waals surface area contributed by atoms with E-state index in [1.54, 1.807) is 30.0 Å². The number of benzene rings is 2. The number of carbonyl (C=O) groups is 2. The molecule has 2 aliphatic heterocycles. The minimum atomic E-state index is -4.75. The Morgan fingerprint density at radius 2 is 1.97 bits per heavy atom. The molecule has 0 aromatic heterocycles. The number of amidine groups is 1. The number of halogens is 3. The van der Waals surface area contributed by atoms with Crippen LogP contribution in [0.5, 0.6) is 5.75 Å². The molecule has 1 unspecified atom stereocenters. The van der Waals surface area contributed by atoms with Crippen LogP contribution in [0.1, 0.15) is 35.7 Å². The van der Waals surface area contributed by atoms with Crippen LogP contribution in [0.3, 0.4) is 0 Å². The Bertz CT molecular complexity index is 1120. The van der Waals surface area contributed by atoms with E-state index in [4.69, 9.17) is 4.74 Å². The minimum absolute atomic E-state index is 0.166. The van der Waals surface area contributed by atoms with E-state index in [0.29, 0.717) is 54.5 Å². The smallest absolute Gasteiger partial charge is 0.466 e. The normalized spacial score (nSPS) is 17.5. The number of ether oxygens (including phenoxy) is 2. The van der Waals surface area contributed by atoms with Gasteiger partial charge in [0.25, 0.3) is 5.91 Å². The highest BCUT2D eigenvalue weighted by Gasteiger charge is 2.31. The number of alkyl halides is 3. The number of hydrogen-bond donors (Lipinski definition) is 2. The SMILES string of the molecule is CCOC(=O)C1CCCN(C(=O)c2ccc3c(c2)NCN=C3Nc2ccc(OC(F)(F)F)cc2)C1. The van der Waals surface area contributed by atoms with Crippen LogP contribution < -0.4 is 15.4 Å². The number of nitrogens with zero attached hydrogens (tertiary/aromatic N) is 2. The molecule has 186 valence electrons. The van der Waals surface area contributed by atoms with E-state index in [1.165, 1.54) is 24.3 Å². The van der Waals surface area contributed by atoms with Crippen molar-refractivity contribution in [1.82, 2.24) is 4.90 Å². The minimum Gasteiger partial charge on any atom is -0.466 e. The fraction of sp³-hybridized carbons (Fsp3) is 0.375. The maximum absolute atomic E-state index is 13.1. The van der Waals surface area contributed by atoms with Gasteiger partial charge >= 0.3 is 12.3 Å². The molecule has 0 spiro atoms. The summed E-state index contributed by atoms with van der Waals surface area (Å²) in [6, 6.07) is 10.5. The highest BCUT2D eigenvalue weighted by Crippen LogP contribution is 2.27. The summed E-state index contributed by atoms with van der Waals surface area (Å²) in [7, 11) is 0. The van der Waals surface area contributed by atoms with Gasteiger partial charge in [-0.15, -0.1) is 13.2 Å². The standard InChI is InChI=1S/C24H25F3N4O4/c1-2-34-23(33)16-4-3-11-31(13-16)22(32)15-5-10-19-20(12-15)28-14-29-21(19)30-17-6-8-18(9-7-17)35-24(25,26)27/h5-10,12,16,28H,2-4,11,13-14H2,1H3,(H,29,30). The number of nitrogens with one attached hydrogen (secondary N) is 2. The Morgan fingerprint density at radius 3 is 2.69 bits per heavy atom. The van der Waals surface area contributed by atoms with Crippen molar-refractivity contribution in [2.75, 3.05) is 37.0 Å². The topological polar surface area (TPSA) is 92.3 Å². The summed E-state index contributed by atoms with van der Waals surface area (Å²) in [4.78, 5) is 31.3. The van der Waals surface area contributed by atoms with Gasteiger partial charge in [0.05, 0.1) is 12.5 Å². The predicted molar refractivity (Wildman–Crippen MR) is 123 cm³/mol. The lowest BCUT2D eigenvalue weighted by Crippen LogP contribution is -2.42. The molecule has 1 amide bonds. The first kappa shape index (κ1) is 24.4. The van der Waals surface area contributed by atoms with Gasteiger partial charge in [-0.2, -0.15) is 0 Å². The average Bonchev–Trinajstić information content (AvgIpc) is 2.84. The average molecular weight is 490 g/mol. The maximum Gasteiger partial charge on any atom is 0.573 e. The quantitative estimate of drug-likeness (QED) is 0.610. The Balaban J connectivity index is 1.45. The van der Waals surface area contributed by atoms with Gasteiger partial charge in [0.2, 0.25) is 0 Å². The zero-order valence-corrected chi connectivity index (χ0v) is 19.0. The van der Waals surface area contributed by atoms with E-state index in [1.807, 2.05) is 0 Å². The molecule has 2 aliphatic rings. The van der Waals surface area contributed by atoms with Gasteiger partial charge in [-0.05, 0) is 62.2 Å². The number of likely N-dealkylation sites (tertiary alicyclic amines) is 1. The number of anilines is 2. The van der Waals surface area contributed by atoms with Crippen LogP contribution >= 0.6 is 0 Å². The molecule has 1 saturated heterocycles. The van der Waals surface area contributed by atoms with Gasteiger partial charge in [0.1, 0.15) is 18.3 Å². The molecule has 1 fully saturated rings. The third-order valence-electron chi connectivity index (χ3n) is 5.71. The lowest BCUT2D eigenvalue weighted by atomic mass is 9.97. The summed E-state index contributed by atoms with van der Waals surface area (Å²) in [6.07, 6.45) is -3.33. The molecule has 35 heavy (non-hydrogen) atoms. The number of piperidine rings is 1. The molecule has 0 bridgehead atoms. The zero-order chi connectivity index (χ0) is 25.0. The molecule has 2 N–H and O–H groups in total. The number of fused-ring (bicyclic) bond motifs is 1. The van der Waals surface area contributed by atoms with Crippen molar-refractivity contribution in [2.45, 2.75) is 26.1 Å². The molecule has 8 nitrogen and oxygen atoms in total. The van der Waals surface area contributed by atoms with Gasteiger partial charge in [-0.1, -0.05) is 0 Å². The molecular weight excluding hydrogens is 465 g/mol. The van der Waals surface area contributed by atoms with Crippen LogP contribution in [0.4, 0.5) is 24.5 Å². The molecule has 1 atom stereocenters. The second-order valence-corrected chi connectivity index (χ2v) is 8.14. The summed E-state index contributed by atoms with van der Waals surface area (Å²) in [5, 5.41) is 6.23. The van der Waals surface area contributed by atoms with Crippen LogP contribution in [0.25, 0.3) is 0 Å². The number of carbonyl (C=O) groups excluding carboxylic acids is 2. The molecule has 0 aliphatic carbocycles. The highest BCUT2D eigenvalue weighted by molar-refractivity contribution is 6.13. The van der Waals surface area contributed by atoms with E-state index >= 15 is 0 Å². The largest absolute Gasteiger partial charge is 0.573 e. The van der Waals surface area contributed by atoms with E-state index < -0.39 is 6.36 Å². The van der Waals surface area contributed by atoms with Crippen molar-refractivity contribution >= 4 is 29.1 Å². The first-order chi connectivity index (χ1) is 16.7. The van der Waals surface area contributed by atoms with Crippen molar-refractivity contribution in [3.8, 4) is 5.75 Å². The number of aliphatic imine (C=N–C) groups is 1. The van der Waals surface area contributed by atoms with Crippen LogP contribution in [0, 0.1) is 5.92 Å². The summed E-state index contributed by atoms with van der Waals surface area (Å²) in [5.41, 5.74) is 2.43. The van der Waals surface area contributed by atoms with Crippen molar-refractivity contribution < 1.29 is 32.2 Å². The highest BCUT2D eigenvalue weighted by atomic mass is 19.4. The molecule has 0 saturated carbocycles. The summed E-state index contributed by atoms with van der Waals surface area (Å²) in [5.74, 6) is -0.563. The van der Waals surface area contributed by atoms with Crippen LogP contribution in [0.15, 0.2) is 47.5 Å². The van der Waals surface area contributed by atoms with Gasteiger partial charge < -0.3 is 25.0 Å². The van der Waals surface area contributed by atoms with Crippen molar-refractivity contribution in [3.05, 3.63) is 53.6 Å². The first-order valence-corrected chi connectivity index (χ1v) is 11.2. The van der Waals surface area contributed by atoms with Gasteiger partial charge in [-0.25, -0.2) is 4.99 Å². The maximum atomic E-state index is 13.1. The second-order valence-electron chi connectivity index (χ2n) is 8.14. The molecule has 11 heteroatoms. The van der Waals surface area contributed by atoms with Gasteiger partial charge in [0.15, 0.2) is 0 Å². The monoisotopic (exact) mass is 490 g/mol. The second kappa shape index (κ2) is 10.2. The van der Waals surface area contributed by atoms with Crippen LogP contribution in [-0.4, -0.2) is 55.3 Å². The van der Waals surface area contributed by atoms with E-state index in [9.17, 15) is 22.8 Å². The van der Waals surface area contributed by atoms with Crippen molar-refractivity contribution in [2.24, 2.45) is 10.9 Å². The molecule has 0 radical (unpaired) electrons. The Hall–Kier alpha value is -3.76. The number of rotatable bonds is 5. The molecule has 2 aromatic rings. The molecule has 4 rings (SSSR count). The van der Waals surface area contributed by atoms with Crippen LogP contribution in [-0.2, 0) is 9.53 Å². The fourth-order valence-corrected chi connectivity index (χ4v) is 4.10. The number of amides is 1. The lowest BCUT2D eigenvalue weighted by molar-refractivity contribution is -0.274. The van der Waals surface area contributed by atoms with Crippen molar-refractivity contribution in [1.29, 1.82) is 0 Å². The van der Waals surface area contributed by atoms with E-state index in [-0.39, 0.29) is 30.2 Å². The van der Waals surface area contributed by atoms with Gasteiger partial charge in [-0.3, -0.25) is 9.59 Å². The molecule has 2 aromatic carbocycles. The van der Waals surface area contributed by atoms with E-state index in [0.717, 1.165) is 6.42 Å². The van der Waals surface area contributed by atoms with Gasteiger partial charge in [0, 0.05) is 35.6 Å². The number of esters is 1. The Kier molecular flexibility index (Phi) is 7.13. The predicted octanol–water partition coefficient (Wildman–Crippen LogP) is 4.24. The van der Waals surface area contributed by atoms with Crippen molar-refractivity contribution in [3.63, 3.8) is 0 Å². The molecule has 2 heterocycles. The number of hydrogen-bond acceptors (Lipinski definition) is 7. The molecular formula is C24H25F3N4O4. The summed E-state index contributed by atoms with van der Waals surface area (Å²) >= 11 is 0. The third kappa shape index (κ3) is 6.03.